The maximum atomic E-state index is 12.5. The minimum absolute atomic E-state index is 0.0120. The van der Waals surface area contributed by atoms with E-state index in [0.29, 0.717) is 6.42 Å². The summed E-state index contributed by atoms with van der Waals surface area (Å²) in [6.45, 7) is 3.42. The fraction of sp³-hybridized carbons (Fsp3) is 0.833. The lowest BCUT2D eigenvalue weighted by molar-refractivity contribution is -0.156. The highest BCUT2D eigenvalue weighted by molar-refractivity contribution is 7.91. The van der Waals surface area contributed by atoms with Crippen molar-refractivity contribution < 1.29 is 27.9 Å². The SMILES string of the molecule is CCC(C)(OC)C(=O)N1CCS(=O)(=O)CC1CC(=O)O. The highest BCUT2D eigenvalue weighted by atomic mass is 32.2. The summed E-state index contributed by atoms with van der Waals surface area (Å²) in [7, 11) is -1.89. The smallest absolute Gasteiger partial charge is 0.305 e. The molecule has 1 fully saturated rings. The fourth-order valence-corrected chi connectivity index (χ4v) is 3.74. The molecule has 2 atom stereocenters. The zero-order valence-corrected chi connectivity index (χ0v) is 12.8. The number of sulfone groups is 1. The van der Waals surface area contributed by atoms with Gasteiger partial charge in [-0.3, -0.25) is 9.59 Å². The van der Waals surface area contributed by atoms with Crippen molar-refractivity contribution in [1.82, 2.24) is 4.90 Å². The van der Waals surface area contributed by atoms with E-state index in [9.17, 15) is 18.0 Å². The molecule has 0 saturated carbocycles. The summed E-state index contributed by atoms with van der Waals surface area (Å²) in [6.07, 6.45) is 0.0415. The van der Waals surface area contributed by atoms with Gasteiger partial charge in [-0.25, -0.2) is 8.42 Å². The molecule has 0 bridgehead atoms. The van der Waals surface area contributed by atoms with Gasteiger partial charge in [0.15, 0.2) is 9.84 Å². The normalized spacial score (nSPS) is 24.9. The third-order valence-corrected chi connectivity index (χ3v) is 5.48. The van der Waals surface area contributed by atoms with Crippen LogP contribution in [0, 0.1) is 0 Å². The molecule has 1 rings (SSSR count). The van der Waals surface area contributed by atoms with Crippen molar-refractivity contribution in [3.8, 4) is 0 Å². The Bertz CT molecular complexity index is 482. The van der Waals surface area contributed by atoms with E-state index in [0.717, 1.165) is 0 Å². The molecule has 1 aliphatic heterocycles. The van der Waals surface area contributed by atoms with Gasteiger partial charge < -0.3 is 14.7 Å². The number of hydrogen-bond donors (Lipinski definition) is 1. The molecule has 0 aromatic rings. The lowest BCUT2D eigenvalue weighted by atomic mass is 9.99. The third-order valence-electron chi connectivity index (χ3n) is 3.78. The van der Waals surface area contributed by atoms with Gasteiger partial charge in [-0.1, -0.05) is 6.92 Å². The highest BCUT2D eigenvalue weighted by Gasteiger charge is 2.42. The van der Waals surface area contributed by atoms with Crippen LogP contribution in [0.1, 0.15) is 26.7 Å². The molecule has 8 heteroatoms. The van der Waals surface area contributed by atoms with E-state index in [1.54, 1.807) is 13.8 Å². The van der Waals surface area contributed by atoms with Crippen LogP contribution in [0.25, 0.3) is 0 Å². The van der Waals surface area contributed by atoms with Gasteiger partial charge in [0.1, 0.15) is 5.60 Å². The van der Waals surface area contributed by atoms with Gasteiger partial charge in [-0.15, -0.1) is 0 Å². The lowest BCUT2D eigenvalue weighted by Crippen LogP contribution is -2.58. The lowest BCUT2D eigenvalue weighted by Gasteiger charge is -2.39. The van der Waals surface area contributed by atoms with Crippen molar-refractivity contribution in [1.29, 1.82) is 0 Å². The van der Waals surface area contributed by atoms with Crippen LogP contribution in [0.5, 0.6) is 0 Å². The van der Waals surface area contributed by atoms with E-state index in [1.165, 1.54) is 12.0 Å². The first-order valence-corrected chi connectivity index (χ1v) is 8.26. The zero-order chi connectivity index (χ0) is 15.6. The Kier molecular flexibility index (Phi) is 5.15. The minimum Gasteiger partial charge on any atom is -0.481 e. The van der Waals surface area contributed by atoms with Crippen molar-refractivity contribution in [2.75, 3.05) is 25.2 Å². The summed E-state index contributed by atoms with van der Waals surface area (Å²) in [5.74, 6) is -1.93. The number of carboxylic acid groups (broad SMARTS) is 1. The van der Waals surface area contributed by atoms with Crippen molar-refractivity contribution in [3.63, 3.8) is 0 Å². The summed E-state index contributed by atoms with van der Waals surface area (Å²) in [4.78, 5) is 24.7. The van der Waals surface area contributed by atoms with Gasteiger partial charge in [-0.05, 0) is 13.3 Å². The van der Waals surface area contributed by atoms with E-state index in [1.807, 2.05) is 0 Å². The molecule has 1 saturated heterocycles. The molecule has 7 nitrogen and oxygen atoms in total. The van der Waals surface area contributed by atoms with E-state index >= 15 is 0 Å². The minimum atomic E-state index is -3.30. The summed E-state index contributed by atoms with van der Waals surface area (Å²) < 4.78 is 28.5. The highest BCUT2D eigenvalue weighted by Crippen LogP contribution is 2.23. The van der Waals surface area contributed by atoms with Gasteiger partial charge in [-0.2, -0.15) is 0 Å². The number of carbonyl (C=O) groups is 2. The number of ether oxygens (including phenoxy) is 1. The number of nitrogens with zero attached hydrogens (tertiary/aromatic N) is 1. The molecule has 0 aromatic carbocycles. The van der Waals surface area contributed by atoms with Crippen molar-refractivity contribution >= 4 is 21.7 Å². The first kappa shape index (κ1) is 16.9. The molecular formula is C12H21NO6S. The number of aliphatic carboxylic acids is 1. The topological polar surface area (TPSA) is 101 Å². The number of carbonyl (C=O) groups excluding carboxylic acids is 1. The predicted octanol–water partition coefficient (Wildman–Crippen LogP) is -0.0982. The van der Waals surface area contributed by atoms with E-state index < -0.39 is 27.4 Å². The molecule has 20 heavy (non-hydrogen) atoms. The Balaban J connectivity index is 3.01. The van der Waals surface area contributed by atoms with Crippen LogP contribution < -0.4 is 0 Å². The molecule has 0 spiro atoms. The Labute approximate surface area is 118 Å². The maximum absolute atomic E-state index is 12.5. The average molecular weight is 307 g/mol. The second kappa shape index (κ2) is 6.09. The molecular weight excluding hydrogens is 286 g/mol. The van der Waals surface area contributed by atoms with Gasteiger partial charge in [0.2, 0.25) is 0 Å². The number of hydrogen-bond acceptors (Lipinski definition) is 5. The maximum Gasteiger partial charge on any atom is 0.305 e. The van der Waals surface area contributed by atoms with Crippen LogP contribution in [0.3, 0.4) is 0 Å². The standard InChI is InChI=1S/C12H21NO6S/c1-4-12(2,19-3)11(16)13-5-6-20(17,18)8-9(13)7-10(14)15/h9H,4-8H2,1-3H3,(H,14,15). The molecule has 1 amide bonds. The molecule has 1 heterocycles. The van der Waals surface area contributed by atoms with Crippen molar-refractivity contribution in [3.05, 3.63) is 0 Å². The van der Waals surface area contributed by atoms with Gasteiger partial charge in [0, 0.05) is 13.7 Å². The first-order valence-electron chi connectivity index (χ1n) is 6.43. The quantitative estimate of drug-likeness (QED) is 0.761. The van der Waals surface area contributed by atoms with Crippen LogP contribution in [-0.4, -0.2) is 67.1 Å². The van der Waals surface area contributed by atoms with Crippen LogP contribution >= 0.6 is 0 Å². The van der Waals surface area contributed by atoms with Crippen LogP contribution in [-0.2, 0) is 24.2 Å². The largest absolute Gasteiger partial charge is 0.481 e. The van der Waals surface area contributed by atoms with Gasteiger partial charge in [0.25, 0.3) is 5.91 Å². The molecule has 0 aliphatic carbocycles. The molecule has 1 aliphatic rings. The second-order valence-electron chi connectivity index (χ2n) is 5.15. The summed E-state index contributed by atoms with van der Waals surface area (Å²) in [5.41, 5.74) is -1.06. The van der Waals surface area contributed by atoms with E-state index in [-0.39, 0.29) is 30.4 Å². The van der Waals surface area contributed by atoms with Crippen LogP contribution in [0.4, 0.5) is 0 Å². The van der Waals surface area contributed by atoms with Gasteiger partial charge >= 0.3 is 5.97 Å². The number of amides is 1. The monoisotopic (exact) mass is 307 g/mol. The molecule has 2 unspecified atom stereocenters. The number of carboxylic acids is 1. The summed E-state index contributed by atoms with van der Waals surface area (Å²) >= 11 is 0. The van der Waals surface area contributed by atoms with E-state index in [2.05, 4.69) is 0 Å². The second-order valence-corrected chi connectivity index (χ2v) is 7.38. The molecule has 1 N–H and O–H groups in total. The average Bonchev–Trinajstić information content (AvgIpc) is 2.35. The Morgan fingerprint density at radius 1 is 1.45 bits per heavy atom. The van der Waals surface area contributed by atoms with Crippen molar-refractivity contribution in [2.45, 2.75) is 38.3 Å². The number of methoxy groups -OCH3 is 1. The fourth-order valence-electron chi connectivity index (χ4n) is 2.21. The van der Waals surface area contributed by atoms with Crippen LogP contribution in [0.15, 0.2) is 0 Å². The van der Waals surface area contributed by atoms with Gasteiger partial charge in [0.05, 0.1) is 24.0 Å². The Morgan fingerprint density at radius 2 is 2.05 bits per heavy atom. The summed E-state index contributed by atoms with van der Waals surface area (Å²) in [5, 5.41) is 8.89. The third kappa shape index (κ3) is 3.69. The zero-order valence-electron chi connectivity index (χ0n) is 12.0. The Morgan fingerprint density at radius 3 is 2.50 bits per heavy atom. The number of rotatable bonds is 5. The molecule has 0 aromatic heterocycles. The van der Waals surface area contributed by atoms with Crippen molar-refractivity contribution in [2.24, 2.45) is 0 Å². The summed E-state index contributed by atoms with van der Waals surface area (Å²) in [6, 6.07) is -0.834. The van der Waals surface area contributed by atoms with E-state index in [4.69, 9.17) is 9.84 Å². The predicted molar refractivity (Wildman–Crippen MR) is 72.1 cm³/mol. The molecule has 116 valence electrons. The van der Waals surface area contributed by atoms with Crippen LogP contribution in [0.2, 0.25) is 0 Å². The first-order chi connectivity index (χ1) is 9.15. The molecule has 0 radical (unpaired) electrons. The Hall–Kier alpha value is -1.15.